The van der Waals surface area contributed by atoms with Crippen molar-refractivity contribution < 1.29 is 31.7 Å². The molecular formula is C12H10CrO3. The van der Waals surface area contributed by atoms with E-state index in [0.29, 0.717) is 0 Å². The molecule has 0 N–H and O–H groups in total. The van der Waals surface area contributed by atoms with Crippen LogP contribution in [0.5, 0.6) is 0 Å². The third-order valence-electron chi connectivity index (χ3n) is 1.41. The Morgan fingerprint density at radius 3 is 1.62 bits per heavy atom. The first-order valence-electron chi connectivity index (χ1n) is 3.64. The van der Waals surface area contributed by atoms with Crippen LogP contribution in [-0.2, 0) is 31.7 Å². The predicted octanol–water partition coefficient (Wildman–Crippen LogP) is 1.44. The first-order valence-corrected chi connectivity index (χ1v) is 3.64. The maximum absolute atomic E-state index is 7.50. The zero-order chi connectivity index (χ0) is 12.7. The fourth-order valence-electron chi connectivity index (χ4n) is 0.816. The summed E-state index contributed by atoms with van der Waals surface area (Å²) in [5.41, 5.74) is 2.50. The van der Waals surface area contributed by atoms with Gasteiger partial charge in [0.05, 0.1) is 0 Å². The van der Waals surface area contributed by atoms with Crippen LogP contribution >= 0.6 is 0 Å². The molecule has 0 aliphatic carbocycles. The van der Waals surface area contributed by atoms with Gasteiger partial charge in [-0.2, -0.15) is 0 Å². The number of rotatable bonds is 1. The monoisotopic (exact) mass is 254 g/mol. The molecule has 0 heterocycles. The summed E-state index contributed by atoms with van der Waals surface area (Å²) in [6, 6.07) is 8.19. The zero-order valence-corrected chi connectivity index (χ0v) is 10.0. The van der Waals surface area contributed by atoms with Crippen LogP contribution < -0.4 is 0 Å². The molecule has 82 valence electrons. The fourth-order valence-corrected chi connectivity index (χ4v) is 0.816. The SMILES string of the molecule is C=Cc1ccccc1C.[C]=O.[C]=O.[C]=O.[Cr]. The topological polar surface area (TPSA) is 51.2 Å². The maximum Gasteiger partial charge on any atom is 0.281 e. The number of hydrogen-bond donors (Lipinski definition) is 0. The molecule has 1 aromatic rings. The minimum absolute atomic E-state index is 0. The number of benzene rings is 1. The van der Waals surface area contributed by atoms with Crippen LogP contribution in [0.25, 0.3) is 6.08 Å². The fraction of sp³-hybridized carbons (Fsp3) is 0.0833. The average molecular weight is 254 g/mol. The van der Waals surface area contributed by atoms with Gasteiger partial charge in [0.1, 0.15) is 0 Å². The van der Waals surface area contributed by atoms with Crippen molar-refractivity contribution in [3.05, 3.63) is 42.0 Å². The van der Waals surface area contributed by atoms with E-state index in [1.807, 2.05) is 18.2 Å². The van der Waals surface area contributed by atoms with E-state index in [-0.39, 0.29) is 17.4 Å². The minimum atomic E-state index is 0. The Labute approximate surface area is 107 Å². The van der Waals surface area contributed by atoms with Gasteiger partial charge in [-0.05, 0) is 18.1 Å². The maximum atomic E-state index is 7.50. The van der Waals surface area contributed by atoms with Gasteiger partial charge in [0, 0.05) is 17.4 Å². The van der Waals surface area contributed by atoms with Crippen LogP contribution in [0.1, 0.15) is 11.1 Å². The summed E-state index contributed by atoms with van der Waals surface area (Å²) in [7, 11) is 0. The van der Waals surface area contributed by atoms with Crippen molar-refractivity contribution in [1.29, 1.82) is 0 Å². The van der Waals surface area contributed by atoms with Crippen LogP contribution in [0.2, 0.25) is 0 Å². The van der Waals surface area contributed by atoms with E-state index in [9.17, 15) is 0 Å². The van der Waals surface area contributed by atoms with Crippen LogP contribution in [0.15, 0.2) is 30.8 Å². The largest absolute Gasteiger partial charge is 0.281 e. The average Bonchev–Trinajstić information content (AvgIpc) is 2.37. The van der Waals surface area contributed by atoms with Crippen molar-refractivity contribution in [3.63, 3.8) is 0 Å². The van der Waals surface area contributed by atoms with E-state index in [1.54, 1.807) is 0 Å². The smallest absolute Gasteiger partial charge is 0.281 e. The Balaban J connectivity index is -0.0000000900. The zero-order valence-electron chi connectivity index (χ0n) is 8.73. The molecule has 6 radical (unpaired) electrons. The van der Waals surface area contributed by atoms with Gasteiger partial charge >= 0.3 is 0 Å². The van der Waals surface area contributed by atoms with Crippen molar-refractivity contribution in [3.8, 4) is 0 Å². The number of aryl methyl sites for hydroxylation is 1. The van der Waals surface area contributed by atoms with Gasteiger partial charge in [0.15, 0.2) is 0 Å². The summed E-state index contributed by atoms with van der Waals surface area (Å²) >= 11 is 0. The summed E-state index contributed by atoms with van der Waals surface area (Å²) in [5.74, 6) is 0. The predicted molar refractivity (Wildman–Crippen MR) is 58.4 cm³/mol. The van der Waals surface area contributed by atoms with E-state index >= 15 is 0 Å². The Hall–Kier alpha value is -1.50. The van der Waals surface area contributed by atoms with Gasteiger partial charge in [-0.15, -0.1) is 0 Å². The summed E-state index contributed by atoms with van der Waals surface area (Å²) < 4.78 is 0. The van der Waals surface area contributed by atoms with Crippen LogP contribution in [0, 0.1) is 6.92 Å². The van der Waals surface area contributed by atoms with Crippen LogP contribution in [0.3, 0.4) is 0 Å². The van der Waals surface area contributed by atoms with Crippen LogP contribution in [-0.4, -0.2) is 20.4 Å². The Morgan fingerprint density at radius 2 is 1.38 bits per heavy atom. The first-order chi connectivity index (χ1) is 7.34. The number of hydrogen-bond acceptors (Lipinski definition) is 3. The molecule has 3 nitrogen and oxygen atoms in total. The minimum Gasteiger partial charge on any atom is -0.281 e. The second-order valence-corrected chi connectivity index (χ2v) is 2.06. The van der Waals surface area contributed by atoms with E-state index in [2.05, 4.69) is 46.0 Å². The second-order valence-electron chi connectivity index (χ2n) is 2.06. The van der Waals surface area contributed by atoms with Crippen molar-refractivity contribution in [2.24, 2.45) is 0 Å². The Bertz CT molecular complexity index is 259. The normalized spacial score (nSPS) is 5.81. The van der Waals surface area contributed by atoms with Gasteiger partial charge in [-0.1, -0.05) is 36.9 Å². The third kappa shape index (κ3) is 12.5. The van der Waals surface area contributed by atoms with E-state index in [1.165, 1.54) is 11.1 Å². The van der Waals surface area contributed by atoms with Gasteiger partial charge in [-0.25, -0.2) is 0 Å². The van der Waals surface area contributed by atoms with Gasteiger partial charge in [-0.3, -0.25) is 14.4 Å². The molecular weight excluding hydrogens is 244 g/mol. The van der Waals surface area contributed by atoms with Gasteiger partial charge in [0.2, 0.25) is 0 Å². The number of carbonyl (C=O) groups excluding carboxylic acids is 3. The standard InChI is InChI=1S/C9H10.3CO.Cr/c1-3-9-7-5-4-6-8(9)2;3*1-2;/h3-7H,1H2,2H3;;;;. The molecule has 0 aromatic heterocycles. The molecule has 0 bridgehead atoms. The summed E-state index contributed by atoms with van der Waals surface area (Å²) in [4.78, 5) is 22.5. The Kier molecular flexibility index (Phi) is 35.0. The molecule has 0 aliphatic heterocycles. The van der Waals surface area contributed by atoms with Crippen molar-refractivity contribution in [2.75, 3.05) is 0 Å². The second kappa shape index (κ2) is 23.4. The molecule has 0 spiro atoms. The molecule has 0 saturated carbocycles. The molecule has 0 unspecified atom stereocenters. The molecule has 4 heteroatoms. The molecule has 1 aromatic carbocycles. The van der Waals surface area contributed by atoms with E-state index in [4.69, 9.17) is 14.4 Å². The van der Waals surface area contributed by atoms with Crippen LogP contribution in [0.4, 0.5) is 0 Å². The Morgan fingerprint density at radius 1 is 1.00 bits per heavy atom. The molecule has 0 atom stereocenters. The molecule has 0 fully saturated rings. The van der Waals surface area contributed by atoms with Crippen molar-refractivity contribution >= 4 is 26.4 Å². The summed E-state index contributed by atoms with van der Waals surface area (Å²) in [6.45, 7) is 19.3. The van der Waals surface area contributed by atoms with Gasteiger partial charge < -0.3 is 0 Å². The molecule has 1 rings (SSSR count). The first kappa shape index (κ1) is 24.0. The summed E-state index contributed by atoms with van der Waals surface area (Å²) in [5, 5.41) is 0. The van der Waals surface area contributed by atoms with Crippen molar-refractivity contribution in [2.45, 2.75) is 6.92 Å². The molecule has 16 heavy (non-hydrogen) atoms. The quantitative estimate of drug-likeness (QED) is 0.762. The van der Waals surface area contributed by atoms with Crippen molar-refractivity contribution in [1.82, 2.24) is 0 Å². The van der Waals surface area contributed by atoms with E-state index < -0.39 is 0 Å². The third-order valence-corrected chi connectivity index (χ3v) is 1.41. The summed E-state index contributed by atoms with van der Waals surface area (Å²) in [6.07, 6.45) is 1.87. The molecule has 0 amide bonds. The van der Waals surface area contributed by atoms with E-state index in [0.717, 1.165) is 0 Å². The van der Waals surface area contributed by atoms with Gasteiger partial charge in [0.25, 0.3) is 20.4 Å². The molecule has 0 aliphatic rings. The molecule has 0 saturated heterocycles.